The number of aliphatic hydroxyl groups is 1. The van der Waals surface area contributed by atoms with Crippen molar-refractivity contribution in [1.29, 1.82) is 0 Å². The Bertz CT molecular complexity index is 436. The van der Waals surface area contributed by atoms with Crippen molar-refractivity contribution >= 4 is 5.69 Å². The summed E-state index contributed by atoms with van der Waals surface area (Å²) in [6.45, 7) is 6.96. The monoisotopic (exact) mass is 280 g/mol. The molecule has 0 aliphatic heterocycles. The largest absolute Gasteiger partial charge is 0.396 e. The number of aliphatic hydroxyl groups excluding tert-OH is 1. The Morgan fingerprint density at radius 1 is 1.40 bits per heavy atom. The summed E-state index contributed by atoms with van der Waals surface area (Å²) in [5, 5.41) is 23.7. The molecule has 0 fully saturated rings. The van der Waals surface area contributed by atoms with Gasteiger partial charge in [0.1, 0.15) is 0 Å². The number of nitrogens with one attached hydrogen (secondary N) is 1. The molecule has 0 heterocycles. The number of non-ortho nitro benzene ring substituents is 1. The van der Waals surface area contributed by atoms with E-state index < -0.39 is 0 Å². The van der Waals surface area contributed by atoms with E-state index in [0.29, 0.717) is 6.54 Å². The van der Waals surface area contributed by atoms with Gasteiger partial charge in [-0.1, -0.05) is 26.0 Å². The average molecular weight is 280 g/mol. The highest BCUT2D eigenvalue weighted by Gasteiger charge is 2.25. The first-order chi connectivity index (χ1) is 9.48. The number of benzene rings is 1. The molecular formula is C15H24N2O3. The number of nitrogens with zero attached hydrogens (tertiary/aromatic N) is 1. The van der Waals surface area contributed by atoms with Crippen molar-refractivity contribution in [2.75, 3.05) is 13.2 Å². The molecule has 1 rings (SSSR count). The minimum absolute atomic E-state index is 0.0129. The summed E-state index contributed by atoms with van der Waals surface area (Å²) in [7, 11) is 0. The summed E-state index contributed by atoms with van der Waals surface area (Å²) in [5.74, 6) is 0. The molecule has 2 N–H and O–H groups in total. The molecular weight excluding hydrogens is 256 g/mol. The van der Waals surface area contributed by atoms with Crippen LogP contribution in [-0.4, -0.2) is 23.2 Å². The summed E-state index contributed by atoms with van der Waals surface area (Å²) in [6.07, 6.45) is 1.79. The van der Waals surface area contributed by atoms with Gasteiger partial charge >= 0.3 is 0 Å². The minimum atomic E-state index is -0.383. The average Bonchev–Trinajstić information content (AvgIpc) is 2.49. The van der Waals surface area contributed by atoms with Crippen LogP contribution in [0.2, 0.25) is 0 Å². The lowest BCUT2D eigenvalue weighted by Crippen LogP contribution is -2.37. The van der Waals surface area contributed by atoms with Crippen LogP contribution in [0, 0.1) is 15.5 Å². The van der Waals surface area contributed by atoms with Gasteiger partial charge < -0.3 is 10.4 Å². The summed E-state index contributed by atoms with van der Waals surface area (Å²) < 4.78 is 0. The second-order valence-corrected chi connectivity index (χ2v) is 5.32. The van der Waals surface area contributed by atoms with Crippen molar-refractivity contribution in [1.82, 2.24) is 5.32 Å². The zero-order valence-corrected chi connectivity index (χ0v) is 12.4. The quantitative estimate of drug-likeness (QED) is 0.567. The zero-order valence-electron chi connectivity index (χ0n) is 12.4. The number of hydrogen-bond donors (Lipinski definition) is 2. The molecule has 5 heteroatoms. The van der Waals surface area contributed by atoms with Crippen LogP contribution in [0.15, 0.2) is 24.3 Å². The van der Waals surface area contributed by atoms with Crippen molar-refractivity contribution in [2.45, 2.75) is 39.7 Å². The van der Waals surface area contributed by atoms with Crippen LogP contribution in [0.1, 0.15) is 45.2 Å². The minimum Gasteiger partial charge on any atom is -0.396 e. The van der Waals surface area contributed by atoms with Gasteiger partial charge in [-0.2, -0.15) is 0 Å². The predicted molar refractivity (Wildman–Crippen MR) is 79.6 cm³/mol. The molecule has 0 bridgehead atoms. The first-order valence-electron chi connectivity index (χ1n) is 7.06. The van der Waals surface area contributed by atoms with Crippen LogP contribution in [0.3, 0.4) is 0 Å². The maximum atomic E-state index is 10.8. The molecule has 0 spiro atoms. The lowest BCUT2D eigenvalue weighted by atomic mass is 9.83. The molecule has 5 nitrogen and oxygen atoms in total. The molecule has 0 radical (unpaired) electrons. The summed E-state index contributed by atoms with van der Waals surface area (Å²) in [6, 6.07) is 6.68. The van der Waals surface area contributed by atoms with Gasteiger partial charge in [0.05, 0.1) is 4.92 Å². The van der Waals surface area contributed by atoms with Crippen LogP contribution >= 0.6 is 0 Å². The van der Waals surface area contributed by atoms with Crippen molar-refractivity contribution in [2.24, 2.45) is 5.41 Å². The highest BCUT2D eigenvalue weighted by Crippen LogP contribution is 2.26. The highest BCUT2D eigenvalue weighted by atomic mass is 16.6. The second kappa shape index (κ2) is 7.36. The zero-order chi connectivity index (χ0) is 15.2. The fraction of sp³-hybridized carbons (Fsp3) is 0.600. The Morgan fingerprint density at radius 2 is 2.05 bits per heavy atom. The molecule has 0 aliphatic carbocycles. The molecule has 20 heavy (non-hydrogen) atoms. The predicted octanol–water partition coefficient (Wildman–Crippen LogP) is 3.04. The highest BCUT2D eigenvalue weighted by molar-refractivity contribution is 5.35. The first-order valence-corrected chi connectivity index (χ1v) is 7.06. The summed E-state index contributed by atoms with van der Waals surface area (Å²) in [5.41, 5.74) is 0.878. The van der Waals surface area contributed by atoms with Gasteiger partial charge in [0.2, 0.25) is 0 Å². The Kier molecular flexibility index (Phi) is 6.10. The van der Waals surface area contributed by atoms with Crippen molar-refractivity contribution in [3.05, 3.63) is 39.9 Å². The van der Waals surface area contributed by atoms with Gasteiger partial charge in [-0.15, -0.1) is 0 Å². The molecule has 112 valence electrons. The molecule has 1 atom stereocenters. The normalized spacial score (nSPS) is 13.2. The van der Waals surface area contributed by atoms with E-state index in [4.69, 9.17) is 0 Å². The first kappa shape index (κ1) is 16.6. The van der Waals surface area contributed by atoms with E-state index in [0.717, 1.165) is 18.4 Å². The smallest absolute Gasteiger partial charge is 0.269 e. The molecule has 0 aliphatic rings. The van der Waals surface area contributed by atoms with Gasteiger partial charge in [-0.25, -0.2) is 0 Å². The van der Waals surface area contributed by atoms with Crippen LogP contribution in [-0.2, 0) is 0 Å². The molecule has 1 unspecified atom stereocenters. The Balaban J connectivity index is 2.74. The third kappa shape index (κ3) is 4.02. The fourth-order valence-corrected chi connectivity index (χ4v) is 2.17. The van der Waals surface area contributed by atoms with E-state index in [1.807, 2.05) is 13.0 Å². The van der Waals surface area contributed by atoms with E-state index in [1.165, 1.54) is 6.07 Å². The maximum absolute atomic E-state index is 10.8. The van der Waals surface area contributed by atoms with E-state index >= 15 is 0 Å². The molecule has 0 amide bonds. The fourth-order valence-electron chi connectivity index (χ4n) is 2.17. The topological polar surface area (TPSA) is 75.4 Å². The summed E-state index contributed by atoms with van der Waals surface area (Å²) in [4.78, 5) is 10.4. The van der Waals surface area contributed by atoms with Crippen LogP contribution in [0.4, 0.5) is 5.69 Å². The van der Waals surface area contributed by atoms with Crippen molar-refractivity contribution < 1.29 is 10.0 Å². The summed E-state index contributed by atoms with van der Waals surface area (Å²) >= 11 is 0. The molecule has 1 aromatic rings. The van der Waals surface area contributed by atoms with Crippen LogP contribution in [0.25, 0.3) is 0 Å². The SMILES string of the molecule is CCC(CC)(CO)CNC(C)c1cccc([N+](=O)[O-])c1. The maximum Gasteiger partial charge on any atom is 0.269 e. The lowest BCUT2D eigenvalue weighted by Gasteiger charge is -2.31. The molecule has 1 aromatic carbocycles. The van der Waals surface area contributed by atoms with Gasteiger partial charge in [-0.05, 0) is 25.3 Å². The standard InChI is InChI=1S/C15H24N2O3/c1-4-15(5-2,11-18)10-16-12(3)13-7-6-8-14(9-13)17(19)20/h6-9,12,16,18H,4-5,10-11H2,1-3H3. The molecule has 0 aromatic heterocycles. The molecule has 0 saturated heterocycles. The van der Waals surface area contributed by atoms with E-state index in [2.05, 4.69) is 19.2 Å². The third-order valence-corrected chi connectivity index (χ3v) is 4.20. The number of nitro benzene ring substituents is 1. The van der Waals surface area contributed by atoms with Gasteiger partial charge in [0.15, 0.2) is 0 Å². The van der Waals surface area contributed by atoms with E-state index in [1.54, 1.807) is 12.1 Å². The van der Waals surface area contributed by atoms with Gasteiger partial charge in [0.25, 0.3) is 5.69 Å². The number of hydrogen-bond acceptors (Lipinski definition) is 4. The Hall–Kier alpha value is -1.46. The second-order valence-electron chi connectivity index (χ2n) is 5.32. The van der Waals surface area contributed by atoms with Crippen molar-refractivity contribution in [3.8, 4) is 0 Å². The van der Waals surface area contributed by atoms with E-state index in [9.17, 15) is 15.2 Å². The number of rotatable bonds is 8. The third-order valence-electron chi connectivity index (χ3n) is 4.20. The Morgan fingerprint density at radius 3 is 2.55 bits per heavy atom. The van der Waals surface area contributed by atoms with E-state index in [-0.39, 0.29) is 28.7 Å². The lowest BCUT2D eigenvalue weighted by molar-refractivity contribution is -0.384. The van der Waals surface area contributed by atoms with Gasteiger partial charge in [-0.3, -0.25) is 10.1 Å². The van der Waals surface area contributed by atoms with Crippen LogP contribution < -0.4 is 5.32 Å². The van der Waals surface area contributed by atoms with Crippen LogP contribution in [0.5, 0.6) is 0 Å². The molecule has 0 saturated carbocycles. The number of nitro groups is 1. The van der Waals surface area contributed by atoms with Gasteiger partial charge in [0, 0.05) is 36.7 Å². The van der Waals surface area contributed by atoms with Crippen molar-refractivity contribution in [3.63, 3.8) is 0 Å². The Labute approximate surface area is 120 Å².